The van der Waals surface area contributed by atoms with Gasteiger partial charge in [0.2, 0.25) is 11.8 Å². The Kier molecular flexibility index (Phi) is 3.47. The Labute approximate surface area is 127 Å². The second-order valence-electron chi connectivity index (χ2n) is 5.04. The molecule has 0 radical (unpaired) electrons. The molecule has 0 saturated carbocycles. The summed E-state index contributed by atoms with van der Waals surface area (Å²) in [5, 5.41) is 2.72. The standard InChI is InChI=1S/C17H14N2O3/c1-11(20)19-14-10-6-5-9-13(14)15(17(19)22)16(21)18-12-7-3-2-4-8-12/h2-10,15H,1H3,(H,18,21). The van der Waals surface area contributed by atoms with Gasteiger partial charge in [0, 0.05) is 12.6 Å². The van der Waals surface area contributed by atoms with Gasteiger partial charge in [0.1, 0.15) is 5.92 Å². The largest absolute Gasteiger partial charge is 0.325 e. The highest BCUT2D eigenvalue weighted by molar-refractivity contribution is 6.28. The number of carbonyl (C=O) groups excluding carboxylic acids is 3. The zero-order valence-corrected chi connectivity index (χ0v) is 11.9. The quantitative estimate of drug-likeness (QED) is 0.864. The summed E-state index contributed by atoms with van der Waals surface area (Å²) in [4.78, 5) is 37.7. The average molecular weight is 294 g/mol. The minimum Gasteiger partial charge on any atom is -0.325 e. The van der Waals surface area contributed by atoms with Crippen LogP contribution in [0.2, 0.25) is 0 Å². The van der Waals surface area contributed by atoms with Crippen LogP contribution in [0, 0.1) is 0 Å². The number of hydrogen-bond donors (Lipinski definition) is 1. The third kappa shape index (κ3) is 2.26. The van der Waals surface area contributed by atoms with Gasteiger partial charge in [0.15, 0.2) is 0 Å². The molecule has 2 aromatic carbocycles. The Morgan fingerprint density at radius 2 is 1.64 bits per heavy atom. The van der Waals surface area contributed by atoms with Crippen LogP contribution in [0.4, 0.5) is 11.4 Å². The molecule has 1 aliphatic heterocycles. The molecule has 0 spiro atoms. The lowest BCUT2D eigenvalue weighted by molar-refractivity contribution is -0.129. The maximum Gasteiger partial charge on any atom is 0.250 e. The number of amides is 3. The summed E-state index contributed by atoms with van der Waals surface area (Å²) < 4.78 is 0. The van der Waals surface area contributed by atoms with E-state index in [0.29, 0.717) is 16.9 Å². The molecule has 3 rings (SSSR count). The fourth-order valence-electron chi connectivity index (χ4n) is 2.63. The minimum absolute atomic E-state index is 0.396. The van der Waals surface area contributed by atoms with Crippen molar-refractivity contribution in [2.45, 2.75) is 12.8 Å². The third-order valence-corrected chi connectivity index (χ3v) is 3.57. The third-order valence-electron chi connectivity index (χ3n) is 3.57. The Morgan fingerprint density at radius 1 is 1.00 bits per heavy atom. The monoisotopic (exact) mass is 294 g/mol. The summed E-state index contributed by atoms with van der Waals surface area (Å²) >= 11 is 0. The maximum absolute atomic E-state index is 12.5. The molecule has 1 aliphatic rings. The summed E-state index contributed by atoms with van der Waals surface area (Å²) in [7, 11) is 0. The van der Waals surface area contributed by atoms with Crippen LogP contribution in [0.1, 0.15) is 18.4 Å². The molecule has 1 unspecified atom stereocenters. The van der Waals surface area contributed by atoms with Gasteiger partial charge in [0.05, 0.1) is 5.69 Å². The molecule has 3 amide bonds. The first-order valence-electron chi connectivity index (χ1n) is 6.89. The molecule has 1 heterocycles. The lowest BCUT2D eigenvalue weighted by Gasteiger charge is -2.13. The van der Waals surface area contributed by atoms with Gasteiger partial charge in [0.25, 0.3) is 5.91 Å². The van der Waals surface area contributed by atoms with E-state index in [1.165, 1.54) is 6.92 Å². The van der Waals surface area contributed by atoms with Gasteiger partial charge >= 0.3 is 0 Å². The number of fused-ring (bicyclic) bond motifs is 1. The lowest BCUT2D eigenvalue weighted by atomic mass is 10.00. The molecule has 0 aromatic heterocycles. The number of nitrogens with one attached hydrogen (secondary N) is 1. The first-order chi connectivity index (χ1) is 10.6. The van der Waals surface area contributed by atoms with Crippen molar-refractivity contribution in [3.63, 3.8) is 0 Å². The first-order valence-corrected chi connectivity index (χ1v) is 6.89. The van der Waals surface area contributed by atoms with Crippen molar-refractivity contribution < 1.29 is 14.4 Å². The average Bonchev–Trinajstić information content (AvgIpc) is 2.80. The number of nitrogens with zero attached hydrogens (tertiary/aromatic N) is 1. The summed E-state index contributed by atoms with van der Waals surface area (Å²) in [6.45, 7) is 1.31. The molecule has 2 aromatic rings. The number of rotatable bonds is 2. The van der Waals surface area contributed by atoms with Gasteiger partial charge in [-0.25, -0.2) is 4.90 Å². The molecule has 1 N–H and O–H groups in total. The topological polar surface area (TPSA) is 66.5 Å². The SMILES string of the molecule is CC(=O)N1C(=O)C(C(=O)Nc2ccccc2)c2ccccc21. The zero-order chi connectivity index (χ0) is 15.7. The van der Waals surface area contributed by atoms with Gasteiger partial charge in [-0.2, -0.15) is 0 Å². The van der Waals surface area contributed by atoms with Crippen LogP contribution in [0.15, 0.2) is 54.6 Å². The van der Waals surface area contributed by atoms with E-state index in [1.807, 2.05) is 6.07 Å². The molecule has 0 bridgehead atoms. The minimum atomic E-state index is -1.000. The summed E-state index contributed by atoms with van der Waals surface area (Å²) in [6.07, 6.45) is 0. The molecule has 5 nitrogen and oxygen atoms in total. The highest BCUT2D eigenvalue weighted by atomic mass is 16.2. The van der Waals surface area contributed by atoms with Crippen molar-refractivity contribution in [3.8, 4) is 0 Å². The number of anilines is 2. The van der Waals surface area contributed by atoms with Crippen LogP contribution in [0.25, 0.3) is 0 Å². The van der Waals surface area contributed by atoms with Gasteiger partial charge in [-0.15, -0.1) is 0 Å². The zero-order valence-electron chi connectivity index (χ0n) is 11.9. The van der Waals surface area contributed by atoms with Crippen molar-refractivity contribution >= 4 is 29.1 Å². The van der Waals surface area contributed by atoms with Crippen LogP contribution in [0.5, 0.6) is 0 Å². The normalized spacial score (nSPS) is 16.3. The van der Waals surface area contributed by atoms with Crippen LogP contribution in [-0.4, -0.2) is 17.7 Å². The smallest absolute Gasteiger partial charge is 0.250 e. The molecular formula is C17H14N2O3. The van der Waals surface area contributed by atoms with E-state index in [0.717, 1.165) is 4.90 Å². The number of carbonyl (C=O) groups is 3. The van der Waals surface area contributed by atoms with E-state index in [9.17, 15) is 14.4 Å². The van der Waals surface area contributed by atoms with Crippen molar-refractivity contribution in [2.24, 2.45) is 0 Å². The van der Waals surface area contributed by atoms with Gasteiger partial charge in [-0.05, 0) is 23.8 Å². The molecular weight excluding hydrogens is 280 g/mol. The maximum atomic E-state index is 12.5. The fraction of sp³-hybridized carbons (Fsp3) is 0.118. The van der Waals surface area contributed by atoms with E-state index in [2.05, 4.69) is 5.32 Å². The number of para-hydroxylation sites is 2. The second kappa shape index (κ2) is 5.44. The summed E-state index contributed by atoms with van der Waals surface area (Å²) in [5.74, 6) is -2.35. The van der Waals surface area contributed by atoms with Crippen molar-refractivity contribution in [1.29, 1.82) is 0 Å². The molecule has 0 saturated heterocycles. The molecule has 0 aliphatic carbocycles. The highest BCUT2D eigenvalue weighted by Gasteiger charge is 2.43. The molecule has 110 valence electrons. The number of hydrogen-bond acceptors (Lipinski definition) is 3. The van der Waals surface area contributed by atoms with E-state index in [-0.39, 0.29) is 0 Å². The Hall–Kier alpha value is -2.95. The van der Waals surface area contributed by atoms with Crippen LogP contribution < -0.4 is 10.2 Å². The van der Waals surface area contributed by atoms with Crippen LogP contribution in [-0.2, 0) is 14.4 Å². The first kappa shape index (κ1) is 14.0. The Morgan fingerprint density at radius 3 is 2.32 bits per heavy atom. The lowest BCUT2D eigenvalue weighted by Crippen LogP contribution is -2.36. The molecule has 22 heavy (non-hydrogen) atoms. The van der Waals surface area contributed by atoms with E-state index < -0.39 is 23.6 Å². The molecule has 0 fully saturated rings. The number of benzene rings is 2. The van der Waals surface area contributed by atoms with Crippen LogP contribution in [0.3, 0.4) is 0 Å². The van der Waals surface area contributed by atoms with E-state index >= 15 is 0 Å². The van der Waals surface area contributed by atoms with Gasteiger partial charge < -0.3 is 5.32 Å². The second-order valence-corrected chi connectivity index (χ2v) is 5.04. The number of imide groups is 1. The molecule has 1 atom stereocenters. The Balaban J connectivity index is 1.95. The highest BCUT2D eigenvalue weighted by Crippen LogP contribution is 2.37. The fourth-order valence-corrected chi connectivity index (χ4v) is 2.63. The van der Waals surface area contributed by atoms with Gasteiger partial charge in [-0.3, -0.25) is 14.4 Å². The van der Waals surface area contributed by atoms with E-state index in [4.69, 9.17) is 0 Å². The van der Waals surface area contributed by atoms with E-state index in [1.54, 1.807) is 48.5 Å². The predicted molar refractivity (Wildman–Crippen MR) is 82.4 cm³/mol. The van der Waals surface area contributed by atoms with Crippen molar-refractivity contribution in [1.82, 2.24) is 0 Å². The van der Waals surface area contributed by atoms with Gasteiger partial charge in [-0.1, -0.05) is 36.4 Å². The van der Waals surface area contributed by atoms with Crippen molar-refractivity contribution in [2.75, 3.05) is 10.2 Å². The summed E-state index contributed by atoms with van der Waals surface area (Å²) in [5.41, 5.74) is 1.64. The molecule has 5 heteroatoms. The Bertz CT molecular complexity index is 756. The van der Waals surface area contributed by atoms with Crippen molar-refractivity contribution in [3.05, 3.63) is 60.2 Å². The summed E-state index contributed by atoms with van der Waals surface area (Å²) in [6, 6.07) is 15.8. The van der Waals surface area contributed by atoms with Crippen LogP contribution >= 0.6 is 0 Å². The predicted octanol–water partition coefficient (Wildman–Crippen LogP) is 2.30.